The monoisotopic (exact) mass is 218 g/mol. The number of likely N-dealkylation sites (N-methyl/N-ethyl adjacent to an activating group) is 1. The molecule has 0 bridgehead atoms. The van der Waals surface area contributed by atoms with Crippen molar-refractivity contribution in [2.24, 2.45) is 11.7 Å². The highest BCUT2D eigenvalue weighted by molar-refractivity contribution is 7.80. The Bertz CT molecular complexity index is 221. The molecule has 0 aliphatic carbocycles. The van der Waals surface area contributed by atoms with E-state index in [0.717, 1.165) is 0 Å². The van der Waals surface area contributed by atoms with Crippen molar-refractivity contribution in [3.05, 3.63) is 0 Å². The van der Waals surface area contributed by atoms with E-state index in [1.807, 2.05) is 18.9 Å². The minimum Gasteiger partial charge on any atom is -0.468 e. The van der Waals surface area contributed by atoms with E-state index >= 15 is 0 Å². The largest absolute Gasteiger partial charge is 0.468 e. The van der Waals surface area contributed by atoms with Gasteiger partial charge in [0, 0.05) is 12.5 Å². The average molecular weight is 218 g/mol. The van der Waals surface area contributed by atoms with Crippen LogP contribution in [0.2, 0.25) is 0 Å². The van der Waals surface area contributed by atoms with Gasteiger partial charge in [-0.1, -0.05) is 19.1 Å². The molecule has 0 radical (unpaired) electrons. The van der Waals surface area contributed by atoms with E-state index < -0.39 is 0 Å². The van der Waals surface area contributed by atoms with Crippen molar-refractivity contribution >= 4 is 23.2 Å². The van der Waals surface area contributed by atoms with Crippen LogP contribution >= 0.6 is 12.2 Å². The Labute approximate surface area is 90.4 Å². The molecule has 0 aromatic heterocycles. The zero-order chi connectivity index (χ0) is 11.3. The minimum absolute atomic E-state index is 0.0992. The van der Waals surface area contributed by atoms with E-state index in [0.29, 0.717) is 11.5 Å². The molecule has 0 heterocycles. The summed E-state index contributed by atoms with van der Waals surface area (Å²) in [6, 6.07) is -0.267. The first-order valence-corrected chi connectivity index (χ1v) is 4.88. The van der Waals surface area contributed by atoms with Crippen LogP contribution in [0.25, 0.3) is 0 Å². The number of ether oxygens (including phenoxy) is 1. The molecule has 0 aliphatic heterocycles. The van der Waals surface area contributed by atoms with Gasteiger partial charge in [-0.25, -0.2) is 0 Å². The highest BCUT2D eigenvalue weighted by Crippen LogP contribution is 2.04. The number of hydrogen-bond donors (Lipinski definition) is 1. The highest BCUT2D eigenvalue weighted by Gasteiger charge is 2.20. The molecule has 0 amide bonds. The molecular weight excluding hydrogens is 200 g/mol. The second-order valence-electron chi connectivity index (χ2n) is 3.44. The molecule has 14 heavy (non-hydrogen) atoms. The molecule has 0 rings (SSSR count). The van der Waals surface area contributed by atoms with E-state index in [9.17, 15) is 4.79 Å². The van der Waals surface area contributed by atoms with Crippen LogP contribution in [0.5, 0.6) is 0 Å². The summed E-state index contributed by atoms with van der Waals surface area (Å²) in [6.07, 6.45) is 0. The van der Waals surface area contributed by atoms with Crippen LogP contribution in [0.4, 0.5) is 0 Å². The summed E-state index contributed by atoms with van der Waals surface area (Å²) >= 11 is 4.85. The molecular formula is C9H18N2O2S. The fourth-order valence-corrected chi connectivity index (χ4v) is 1.11. The number of nitrogens with two attached hydrogens (primary N) is 1. The fraction of sp³-hybridized carbons (Fsp3) is 0.778. The lowest BCUT2D eigenvalue weighted by Crippen LogP contribution is -2.41. The van der Waals surface area contributed by atoms with Gasteiger partial charge < -0.3 is 10.5 Å². The Hall–Kier alpha value is -0.680. The third-order valence-corrected chi connectivity index (χ3v) is 2.65. The number of methoxy groups -OCH3 is 1. The molecule has 0 saturated carbocycles. The van der Waals surface area contributed by atoms with Gasteiger partial charge in [-0.15, -0.1) is 0 Å². The second kappa shape index (κ2) is 5.93. The van der Waals surface area contributed by atoms with Crippen LogP contribution in [0.3, 0.4) is 0 Å². The van der Waals surface area contributed by atoms with E-state index in [2.05, 4.69) is 4.74 Å². The highest BCUT2D eigenvalue weighted by atomic mass is 32.1. The summed E-state index contributed by atoms with van der Waals surface area (Å²) in [5.41, 5.74) is 5.48. The molecule has 0 aromatic carbocycles. The van der Waals surface area contributed by atoms with Gasteiger partial charge in [0.05, 0.1) is 12.1 Å². The molecule has 2 N–H and O–H groups in total. The van der Waals surface area contributed by atoms with Gasteiger partial charge in [0.1, 0.15) is 6.04 Å². The van der Waals surface area contributed by atoms with Crippen molar-refractivity contribution in [2.45, 2.75) is 19.9 Å². The van der Waals surface area contributed by atoms with Crippen molar-refractivity contribution < 1.29 is 9.53 Å². The lowest BCUT2D eigenvalue weighted by Gasteiger charge is -2.25. The number of hydrogen-bond acceptors (Lipinski definition) is 4. The van der Waals surface area contributed by atoms with Crippen molar-refractivity contribution in [3.63, 3.8) is 0 Å². The zero-order valence-corrected chi connectivity index (χ0v) is 9.93. The molecule has 82 valence electrons. The lowest BCUT2D eigenvalue weighted by molar-refractivity contribution is -0.145. The van der Waals surface area contributed by atoms with Gasteiger partial charge in [0.15, 0.2) is 0 Å². The molecule has 0 aromatic rings. The van der Waals surface area contributed by atoms with E-state index in [1.165, 1.54) is 7.11 Å². The average Bonchev–Trinajstić information content (AvgIpc) is 2.14. The third kappa shape index (κ3) is 4.02. The number of carbonyl (C=O) groups excluding carboxylic acids is 1. The van der Waals surface area contributed by atoms with Crippen molar-refractivity contribution in [2.75, 3.05) is 20.7 Å². The van der Waals surface area contributed by atoms with Gasteiger partial charge in [-0.2, -0.15) is 0 Å². The van der Waals surface area contributed by atoms with Gasteiger partial charge in [0.25, 0.3) is 0 Å². The van der Waals surface area contributed by atoms with Crippen LogP contribution in [-0.4, -0.2) is 42.6 Å². The van der Waals surface area contributed by atoms with E-state index in [4.69, 9.17) is 18.0 Å². The smallest absolute Gasteiger partial charge is 0.322 e. The standard InChI is InChI=1S/C9H18N2O2S/c1-6(8(10)14)5-11(3)7(2)9(12)13-4/h6-7H,5H2,1-4H3,(H2,10,14). The van der Waals surface area contributed by atoms with Gasteiger partial charge in [-0.3, -0.25) is 9.69 Å². The van der Waals surface area contributed by atoms with E-state index in [1.54, 1.807) is 6.92 Å². The van der Waals surface area contributed by atoms with Crippen molar-refractivity contribution in [1.82, 2.24) is 4.90 Å². The first kappa shape index (κ1) is 13.3. The van der Waals surface area contributed by atoms with Gasteiger partial charge >= 0.3 is 5.97 Å². The molecule has 0 fully saturated rings. The molecule has 2 atom stereocenters. The summed E-state index contributed by atoms with van der Waals surface area (Å²) in [6.45, 7) is 4.38. The third-order valence-electron chi connectivity index (χ3n) is 2.25. The summed E-state index contributed by atoms with van der Waals surface area (Å²) < 4.78 is 4.63. The predicted molar refractivity (Wildman–Crippen MR) is 60.1 cm³/mol. The van der Waals surface area contributed by atoms with Crippen molar-refractivity contribution in [1.29, 1.82) is 0 Å². The topological polar surface area (TPSA) is 55.6 Å². The first-order chi connectivity index (χ1) is 6.40. The first-order valence-electron chi connectivity index (χ1n) is 4.47. The van der Waals surface area contributed by atoms with Crippen LogP contribution in [0.1, 0.15) is 13.8 Å². The van der Waals surface area contributed by atoms with Gasteiger partial charge in [-0.05, 0) is 14.0 Å². The minimum atomic E-state index is -0.267. The second-order valence-corrected chi connectivity index (χ2v) is 3.91. The van der Waals surface area contributed by atoms with Crippen LogP contribution < -0.4 is 5.73 Å². The normalized spacial score (nSPS) is 14.9. The number of carbonyl (C=O) groups is 1. The maximum Gasteiger partial charge on any atom is 0.322 e. The number of nitrogens with zero attached hydrogens (tertiary/aromatic N) is 1. The molecule has 0 spiro atoms. The molecule has 2 unspecified atom stereocenters. The summed E-state index contributed by atoms with van der Waals surface area (Å²) in [7, 11) is 3.22. The molecule has 4 nitrogen and oxygen atoms in total. The zero-order valence-electron chi connectivity index (χ0n) is 9.11. The van der Waals surface area contributed by atoms with Crippen LogP contribution in [0.15, 0.2) is 0 Å². The SMILES string of the molecule is COC(=O)C(C)N(C)CC(C)C(N)=S. The van der Waals surface area contributed by atoms with Crippen LogP contribution in [0, 0.1) is 5.92 Å². The Morgan fingerprint density at radius 1 is 1.57 bits per heavy atom. The van der Waals surface area contributed by atoms with E-state index in [-0.39, 0.29) is 17.9 Å². The summed E-state index contributed by atoms with van der Waals surface area (Å²) in [4.78, 5) is 13.5. The number of rotatable bonds is 5. The Morgan fingerprint density at radius 3 is 2.43 bits per heavy atom. The Balaban J connectivity index is 4.13. The maximum absolute atomic E-state index is 11.2. The van der Waals surface area contributed by atoms with Gasteiger partial charge in [0.2, 0.25) is 0 Å². The Kier molecular flexibility index (Phi) is 5.64. The molecule has 0 aliphatic rings. The number of esters is 1. The fourth-order valence-electron chi connectivity index (χ4n) is 1.03. The maximum atomic E-state index is 11.2. The molecule has 5 heteroatoms. The summed E-state index contributed by atoms with van der Waals surface area (Å²) in [5, 5.41) is 0. The quantitative estimate of drug-likeness (QED) is 0.535. The summed E-state index contributed by atoms with van der Waals surface area (Å²) in [5.74, 6) is -0.148. The number of thiocarbonyl (C=S) groups is 1. The van der Waals surface area contributed by atoms with Crippen LogP contribution in [-0.2, 0) is 9.53 Å². The lowest BCUT2D eigenvalue weighted by atomic mass is 10.1. The van der Waals surface area contributed by atoms with Crippen molar-refractivity contribution in [3.8, 4) is 0 Å². The Morgan fingerprint density at radius 2 is 2.07 bits per heavy atom. The molecule has 0 saturated heterocycles. The predicted octanol–water partition coefficient (Wildman–Crippen LogP) is 0.402.